The third kappa shape index (κ3) is 3.84. The van der Waals surface area contributed by atoms with E-state index in [1.54, 1.807) is 13.8 Å². The molecule has 5 nitrogen and oxygen atoms in total. The molecule has 0 unspecified atom stereocenters. The van der Waals surface area contributed by atoms with E-state index in [0.29, 0.717) is 17.0 Å². The van der Waals surface area contributed by atoms with Crippen LogP contribution in [0, 0.1) is 6.92 Å². The monoisotopic (exact) mass is 352 g/mol. The number of nitrogens with zero attached hydrogens (tertiary/aromatic N) is 2. The summed E-state index contributed by atoms with van der Waals surface area (Å²) >= 11 is 0.697. The maximum atomic E-state index is 13.4. The first-order valence-corrected chi connectivity index (χ1v) is 8.06. The summed E-state index contributed by atoms with van der Waals surface area (Å²) < 4.78 is 45.7. The fourth-order valence-electron chi connectivity index (χ4n) is 2.55. The van der Waals surface area contributed by atoms with Gasteiger partial charge in [0.1, 0.15) is 5.01 Å². The molecule has 0 spiro atoms. The van der Waals surface area contributed by atoms with Crippen LogP contribution in [0.25, 0.3) is 0 Å². The molecule has 1 fully saturated rings. The highest BCUT2D eigenvalue weighted by Gasteiger charge is 2.58. The quantitative estimate of drug-likeness (QED) is 0.906. The third-order valence-corrected chi connectivity index (χ3v) is 4.73. The van der Waals surface area contributed by atoms with Crippen molar-refractivity contribution in [2.24, 2.45) is 0 Å². The maximum Gasteiger partial charge on any atom is 0.424 e. The predicted octanol–water partition coefficient (Wildman–Crippen LogP) is 2.23. The van der Waals surface area contributed by atoms with Crippen LogP contribution in [0.4, 0.5) is 13.2 Å². The van der Waals surface area contributed by atoms with Crippen molar-refractivity contribution in [3.05, 3.63) is 16.1 Å². The van der Waals surface area contributed by atoms with Crippen LogP contribution in [0.2, 0.25) is 0 Å². The van der Waals surface area contributed by atoms with Gasteiger partial charge in [-0.25, -0.2) is 4.98 Å². The first kappa shape index (κ1) is 18.2. The number of carbonyl (C=O) groups excluding carboxylic acids is 1. The number of rotatable bonds is 3. The molecule has 0 aliphatic carbocycles. The molecular weight excluding hydrogens is 333 g/mol. The zero-order chi connectivity index (χ0) is 17.4. The molecule has 0 bridgehead atoms. The molecule has 1 aliphatic rings. The molecule has 1 amide bonds. The molecule has 2 rings (SSSR count). The summed E-state index contributed by atoms with van der Waals surface area (Å²) in [5, 5.41) is 11.1. The Hall–Kier alpha value is -1.19. The number of thiazole rings is 1. The first-order chi connectivity index (χ1) is 10.5. The van der Waals surface area contributed by atoms with Crippen LogP contribution < -0.4 is 0 Å². The lowest BCUT2D eigenvalue weighted by Crippen LogP contribution is -2.52. The largest absolute Gasteiger partial charge is 0.424 e. The van der Waals surface area contributed by atoms with E-state index in [0.717, 1.165) is 0 Å². The zero-order valence-electron chi connectivity index (χ0n) is 13.1. The number of morpholine rings is 1. The van der Waals surface area contributed by atoms with Crippen LogP contribution in [-0.4, -0.2) is 52.4 Å². The maximum absolute atomic E-state index is 13.4. The molecule has 3 atom stereocenters. The predicted molar refractivity (Wildman–Crippen MR) is 78.0 cm³/mol. The second-order valence-electron chi connectivity index (χ2n) is 5.88. The van der Waals surface area contributed by atoms with Crippen molar-refractivity contribution < 1.29 is 27.8 Å². The van der Waals surface area contributed by atoms with E-state index >= 15 is 0 Å². The Labute approximate surface area is 136 Å². The minimum absolute atomic E-state index is 0.202. The molecule has 130 valence electrons. The van der Waals surface area contributed by atoms with E-state index in [1.165, 1.54) is 17.2 Å². The fraction of sp³-hybridized carbons (Fsp3) is 0.714. The molecule has 1 saturated heterocycles. The number of ether oxygens (including phenoxy) is 1. The summed E-state index contributed by atoms with van der Waals surface area (Å²) in [6, 6.07) is 0. The van der Waals surface area contributed by atoms with Crippen LogP contribution >= 0.6 is 11.3 Å². The van der Waals surface area contributed by atoms with Gasteiger partial charge >= 0.3 is 6.18 Å². The fourth-order valence-corrected chi connectivity index (χ4v) is 3.47. The van der Waals surface area contributed by atoms with Crippen molar-refractivity contribution in [3.8, 4) is 0 Å². The summed E-state index contributed by atoms with van der Waals surface area (Å²) in [5.74, 6) is -0.764. The van der Waals surface area contributed by atoms with Gasteiger partial charge in [0, 0.05) is 24.2 Å². The van der Waals surface area contributed by atoms with Gasteiger partial charge in [-0.05, 0) is 20.8 Å². The van der Waals surface area contributed by atoms with Gasteiger partial charge in [-0.15, -0.1) is 11.3 Å². The highest BCUT2D eigenvalue weighted by molar-refractivity contribution is 7.09. The third-order valence-electron chi connectivity index (χ3n) is 3.62. The Morgan fingerprint density at radius 2 is 2.00 bits per heavy atom. The average Bonchev–Trinajstić information content (AvgIpc) is 2.83. The molecule has 2 heterocycles. The van der Waals surface area contributed by atoms with Gasteiger partial charge in [-0.3, -0.25) is 4.79 Å². The summed E-state index contributed by atoms with van der Waals surface area (Å²) in [6.45, 7) is 5.43. The lowest BCUT2D eigenvalue weighted by molar-refractivity contribution is -0.268. The van der Waals surface area contributed by atoms with Crippen molar-refractivity contribution in [1.29, 1.82) is 0 Å². The number of amides is 1. The van der Waals surface area contributed by atoms with E-state index in [-0.39, 0.29) is 25.3 Å². The Balaban J connectivity index is 2.23. The van der Waals surface area contributed by atoms with Gasteiger partial charge in [0.2, 0.25) is 11.5 Å². The lowest BCUT2D eigenvalue weighted by Gasteiger charge is -2.37. The summed E-state index contributed by atoms with van der Waals surface area (Å²) in [7, 11) is 0. The van der Waals surface area contributed by atoms with Crippen molar-refractivity contribution >= 4 is 17.2 Å². The molecule has 1 aromatic heterocycles. The van der Waals surface area contributed by atoms with E-state index < -0.39 is 29.1 Å². The molecule has 0 aromatic carbocycles. The van der Waals surface area contributed by atoms with E-state index in [4.69, 9.17) is 4.74 Å². The number of halogens is 3. The van der Waals surface area contributed by atoms with Crippen LogP contribution in [0.5, 0.6) is 0 Å². The van der Waals surface area contributed by atoms with Gasteiger partial charge in [-0.2, -0.15) is 13.2 Å². The average molecular weight is 352 g/mol. The molecule has 0 saturated carbocycles. The van der Waals surface area contributed by atoms with Gasteiger partial charge in [0.05, 0.1) is 18.6 Å². The van der Waals surface area contributed by atoms with Crippen molar-refractivity contribution in [3.63, 3.8) is 0 Å². The zero-order valence-corrected chi connectivity index (χ0v) is 13.9. The summed E-state index contributed by atoms with van der Waals surface area (Å²) in [5.41, 5.74) is -2.90. The molecule has 9 heteroatoms. The van der Waals surface area contributed by atoms with E-state index in [2.05, 4.69) is 4.98 Å². The highest BCUT2D eigenvalue weighted by Crippen LogP contribution is 2.43. The number of carbonyl (C=O) groups is 1. The molecular formula is C14H19F3N2O3S. The summed E-state index contributed by atoms with van der Waals surface area (Å²) in [4.78, 5) is 17.4. The molecule has 1 aromatic rings. The van der Waals surface area contributed by atoms with Crippen molar-refractivity contribution in [1.82, 2.24) is 9.88 Å². The van der Waals surface area contributed by atoms with E-state index in [1.807, 2.05) is 0 Å². The second-order valence-corrected chi connectivity index (χ2v) is 6.74. The number of aromatic nitrogens is 1. The normalized spacial score (nSPS) is 25.3. The first-order valence-electron chi connectivity index (χ1n) is 7.18. The highest BCUT2D eigenvalue weighted by atomic mass is 32.1. The van der Waals surface area contributed by atoms with Gasteiger partial charge < -0.3 is 14.7 Å². The Bertz CT molecular complexity index is 568. The van der Waals surface area contributed by atoms with Gasteiger partial charge in [0.15, 0.2) is 0 Å². The molecule has 1 aliphatic heterocycles. The van der Waals surface area contributed by atoms with Crippen LogP contribution in [-0.2, 0) is 15.1 Å². The number of hydrogen-bond donors (Lipinski definition) is 1. The Kier molecular flexibility index (Phi) is 5.03. The smallest absolute Gasteiger partial charge is 0.374 e. The minimum Gasteiger partial charge on any atom is -0.374 e. The minimum atomic E-state index is -4.99. The molecule has 23 heavy (non-hydrogen) atoms. The van der Waals surface area contributed by atoms with E-state index in [9.17, 15) is 23.1 Å². The van der Waals surface area contributed by atoms with Crippen LogP contribution in [0.3, 0.4) is 0 Å². The standard InChI is InChI=1S/C14H19F3N2O3S/c1-8-7-23-12(18-8)13(21,14(15,16)17)4-11(20)19-5-9(2)22-10(3)6-19/h7,9-10,21H,4-6H2,1-3H3/t9-,10+,13-/m1/s1. The van der Waals surface area contributed by atoms with Gasteiger partial charge in [-0.1, -0.05) is 0 Å². The Morgan fingerprint density at radius 3 is 2.43 bits per heavy atom. The number of hydrogen-bond acceptors (Lipinski definition) is 5. The van der Waals surface area contributed by atoms with Crippen molar-refractivity contribution in [2.45, 2.75) is 51.2 Å². The summed E-state index contributed by atoms with van der Waals surface area (Å²) in [6.07, 6.45) is -6.59. The Morgan fingerprint density at radius 1 is 1.43 bits per heavy atom. The topological polar surface area (TPSA) is 62.7 Å². The van der Waals surface area contributed by atoms with Crippen LogP contribution in [0.15, 0.2) is 5.38 Å². The lowest BCUT2D eigenvalue weighted by atomic mass is 9.98. The van der Waals surface area contributed by atoms with Crippen molar-refractivity contribution in [2.75, 3.05) is 13.1 Å². The van der Waals surface area contributed by atoms with Crippen LogP contribution in [0.1, 0.15) is 31.0 Å². The molecule has 1 N–H and O–H groups in total. The van der Waals surface area contributed by atoms with Gasteiger partial charge in [0.25, 0.3) is 0 Å². The second kappa shape index (κ2) is 6.37. The number of alkyl halides is 3. The molecule has 0 radical (unpaired) electrons. The number of aliphatic hydroxyl groups is 1. The SMILES string of the molecule is Cc1csc([C@](O)(CC(=O)N2C[C@@H](C)O[C@@H](C)C2)C(F)(F)F)n1. The number of aryl methyl sites for hydroxylation is 1.